The molecule has 126 valence electrons. The number of halogens is 2. The summed E-state index contributed by atoms with van der Waals surface area (Å²) in [4.78, 5) is 22.1. The normalized spacial score (nSPS) is 11.6. The summed E-state index contributed by atoms with van der Waals surface area (Å²) in [6, 6.07) is 9.98. The van der Waals surface area contributed by atoms with Crippen molar-refractivity contribution in [2.24, 2.45) is 0 Å². The first-order valence-electron chi connectivity index (χ1n) is 6.98. The summed E-state index contributed by atoms with van der Waals surface area (Å²) in [5.41, 5.74) is 0.494. The number of hydrogen-bond acceptors (Lipinski definition) is 4. The van der Waals surface area contributed by atoms with E-state index in [0.717, 1.165) is 28.2 Å². The van der Waals surface area contributed by atoms with Crippen LogP contribution in [-0.4, -0.2) is 17.4 Å². The highest BCUT2D eigenvalue weighted by Gasteiger charge is 2.17. The number of hydrogen-bond donors (Lipinski definition) is 1. The molecule has 1 atom stereocenters. The van der Waals surface area contributed by atoms with E-state index in [4.69, 9.17) is 4.74 Å². The fourth-order valence-corrected chi connectivity index (χ4v) is 2.28. The van der Waals surface area contributed by atoms with Crippen molar-refractivity contribution in [2.75, 3.05) is 6.61 Å². The van der Waals surface area contributed by atoms with Gasteiger partial charge >= 0.3 is 5.69 Å². The standard InChI is InChI=1S/C16H14BrFN2O4/c1-10(11-2-4-12(17)5-3-11)19-16(21)9-24-15-8-13(18)6-7-14(15)20(22)23/h2-8,10H,9H2,1H3,(H,19,21)/t10-/m1/s1. The average molecular weight is 397 g/mol. The molecule has 0 aromatic heterocycles. The highest BCUT2D eigenvalue weighted by Crippen LogP contribution is 2.27. The van der Waals surface area contributed by atoms with E-state index >= 15 is 0 Å². The number of nitrogens with zero attached hydrogens (tertiary/aromatic N) is 1. The molecule has 0 bridgehead atoms. The molecule has 0 saturated heterocycles. The molecule has 0 aliphatic rings. The Morgan fingerprint density at radius 3 is 2.62 bits per heavy atom. The van der Waals surface area contributed by atoms with Gasteiger partial charge < -0.3 is 10.1 Å². The van der Waals surface area contributed by atoms with Gasteiger partial charge in [-0.15, -0.1) is 0 Å². The van der Waals surface area contributed by atoms with Crippen molar-refractivity contribution in [3.8, 4) is 5.75 Å². The lowest BCUT2D eigenvalue weighted by atomic mass is 10.1. The molecule has 0 heterocycles. The topological polar surface area (TPSA) is 81.5 Å². The summed E-state index contributed by atoms with van der Waals surface area (Å²) in [7, 11) is 0. The van der Waals surface area contributed by atoms with Crippen LogP contribution in [0.25, 0.3) is 0 Å². The van der Waals surface area contributed by atoms with Gasteiger partial charge in [0, 0.05) is 16.6 Å². The highest BCUT2D eigenvalue weighted by molar-refractivity contribution is 9.10. The van der Waals surface area contributed by atoms with E-state index in [2.05, 4.69) is 21.2 Å². The molecule has 6 nitrogen and oxygen atoms in total. The van der Waals surface area contributed by atoms with Gasteiger partial charge in [0.25, 0.3) is 5.91 Å². The molecule has 2 aromatic rings. The van der Waals surface area contributed by atoms with Crippen LogP contribution in [0, 0.1) is 15.9 Å². The minimum atomic E-state index is -0.697. The third kappa shape index (κ3) is 4.76. The number of ether oxygens (including phenoxy) is 1. The summed E-state index contributed by atoms with van der Waals surface area (Å²) in [6.07, 6.45) is 0. The van der Waals surface area contributed by atoms with E-state index in [1.54, 1.807) is 6.92 Å². The molecular weight excluding hydrogens is 383 g/mol. The Hall–Kier alpha value is -2.48. The van der Waals surface area contributed by atoms with Crippen molar-refractivity contribution in [3.05, 3.63) is 68.4 Å². The van der Waals surface area contributed by atoms with E-state index in [9.17, 15) is 19.3 Å². The molecule has 0 fully saturated rings. The molecule has 0 aliphatic heterocycles. The monoisotopic (exact) mass is 396 g/mol. The van der Waals surface area contributed by atoms with E-state index < -0.39 is 28.9 Å². The lowest BCUT2D eigenvalue weighted by Crippen LogP contribution is -2.31. The maximum absolute atomic E-state index is 13.2. The van der Waals surface area contributed by atoms with Crippen LogP contribution in [0.15, 0.2) is 46.9 Å². The fraction of sp³-hybridized carbons (Fsp3) is 0.188. The third-order valence-electron chi connectivity index (χ3n) is 3.22. The predicted molar refractivity (Wildman–Crippen MR) is 89.2 cm³/mol. The van der Waals surface area contributed by atoms with Gasteiger partial charge in [-0.3, -0.25) is 14.9 Å². The first kappa shape index (κ1) is 17.9. The Balaban J connectivity index is 1.97. The van der Waals surface area contributed by atoms with Crippen LogP contribution >= 0.6 is 15.9 Å². The maximum Gasteiger partial charge on any atom is 0.311 e. The molecule has 0 spiro atoms. The minimum Gasteiger partial charge on any atom is -0.477 e. The minimum absolute atomic E-state index is 0.267. The molecule has 2 aromatic carbocycles. The Labute approximate surface area is 145 Å². The molecule has 8 heteroatoms. The van der Waals surface area contributed by atoms with Gasteiger partial charge in [-0.2, -0.15) is 0 Å². The number of carbonyl (C=O) groups is 1. The quantitative estimate of drug-likeness (QED) is 0.595. The molecule has 0 radical (unpaired) electrons. The van der Waals surface area contributed by atoms with Crippen LogP contribution < -0.4 is 10.1 Å². The van der Waals surface area contributed by atoms with E-state index in [0.29, 0.717) is 0 Å². The second kappa shape index (κ2) is 7.87. The Morgan fingerprint density at radius 1 is 1.33 bits per heavy atom. The van der Waals surface area contributed by atoms with Gasteiger partial charge in [-0.05, 0) is 30.7 Å². The summed E-state index contributed by atoms with van der Waals surface area (Å²) in [5, 5.41) is 13.6. The third-order valence-corrected chi connectivity index (χ3v) is 3.75. The summed E-state index contributed by atoms with van der Waals surface area (Å²) in [5.74, 6) is -1.44. The van der Waals surface area contributed by atoms with Crippen molar-refractivity contribution >= 4 is 27.5 Å². The van der Waals surface area contributed by atoms with Crippen LogP contribution in [0.5, 0.6) is 5.75 Å². The van der Waals surface area contributed by atoms with Crippen LogP contribution in [0.2, 0.25) is 0 Å². The summed E-state index contributed by atoms with van der Waals surface area (Å²) < 4.78 is 19.2. The van der Waals surface area contributed by atoms with Gasteiger partial charge in [-0.1, -0.05) is 28.1 Å². The molecular formula is C16H14BrFN2O4. The number of carbonyl (C=O) groups excluding carboxylic acids is 1. The molecule has 24 heavy (non-hydrogen) atoms. The van der Waals surface area contributed by atoms with Crippen LogP contribution in [0.1, 0.15) is 18.5 Å². The Bertz CT molecular complexity index is 752. The van der Waals surface area contributed by atoms with Gasteiger partial charge in [-0.25, -0.2) is 4.39 Å². The van der Waals surface area contributed by atoms with Crippen molar-refractivity contribution in [1.82, 2.24) is 5.32 Å². The number of nitrogens with one attached hydrogen (secondary N) is 1. The molecule has 2 rings (SSSR count). The van der Waals surface area contributed by atoms with E-state index in [1.807, 2.05) is 24.3 Å². The number of benzene rings is 2. The van der Waals surface area contributed by atoms with Gasteiger partial charge in [0.1, 0.15) is 5.82 Å². The van der Waals surface area contributed by atoms with Crippen molar-refractivity contribution in [3.63, 3.8) is 0 Å². The van der Waals surface area contributed by atoms with Crippen LogP contribution in [-0.2, 0) is 4.79 Å². The smallest absolute Gasteiger partial charge is 0.311 e. The maximum atomic E-state index is 13.2. The number of rotatable bonds is 6. The van der Waals surface area contributed by atoms with Gasteiger partial charge in [0.2, 0.25) is 5.75 Å². The lowest BCUT2D eigenvalue weighted by molar-refractivity contribution is -0.385. The summed E-state index contributed by atoms with van der Waals surface area (Å²) in [6.45, 7) is 1.34. The summed E-state index contributed by atoms with van der Waals surface area (Å²) >= 11 is 3.33. The second-order valence-corrected chi connectivity index (χ2v) is 5.91. The number of amides is 1. The van der Waals surface area contributed by atoms with Crippen LogP contribution in [0.4, 0.5) is 10.1 Å². The second-order valence-electron chi connectivity index (χ2n) is 5.00. The van der Waals surface area contributed by atoms with Crippen LogP contribution in [0.3, 0.4) is 0 Å². The van der Waals surface area contributed by atoms with Crippen molar-refractivity contribution in [1.29, 1.82) is 0 Å². The first-order chi connectivity index (χ1) is 11.4. The average Bonchev–Trinajstić information content (AvgIpc) is 2.53. The Kier molecular flexibility index (Phi) is 5.86. The number of nitro benzene ring substituents is 1. The largest absolute Gasteiger partial charge is 0.477 e. The first-order valence-corrected chi connectivity index (χ1v) is 7.77. The van der Waals surface area contributed by atoms with Gasteiger partial charge in [0.05, 0.1) is 11.0 Å². The fourth-order valence-electron chi connectivity index (χ4n) is 2.02. The molecule has 1 amide bonds. The number of nitro groups is 1. The molecule has 0 aliphatic carbocycles. The van der Waals surface area contributed by atoms with Gasteiger partial charge in [0.15, 0.2) is 6.61 Å². The Morgan fingerprint density at radius 2 is 2.00 bits per heavy atom. The zero-order valence-corrected chi connectivity index (χ0v) is 14.2. The molecule has 1 N–H and O–H groups in total. The lowest BCUT2D eigenvalue weighted by Gasteiger charge is -2.15. The highest BCUT2D eigenvalue weighted by atomic mass is 79.9. The zero-order valence-electron chi connectivity index (χ0n) is 12.7. The van der Waals surface area contributed by atoms with E-state index in [-0.39, 0.29) is 11.8 Å². The SMILES string of the molecule is C[C@@H](NC(=O)COc1cc(F)ccc1[N+](=O)[O-])c1ccc(Br)cc1. The molecule has 0 saturated carbocycles. The van der Waals surface area contributed by atoms with E-state index in [1.165, 1.54) is 0 Å². The van der Waals surface area contributed by atoms with Crippen molar-refractivity contribution in [2.45, 2.75) is 13.0 Å². The van der Waals surface area contributed by atoms with Crippen molar-refractivity contribution < 1.29 is 18.8 Å². The molecule has 0 unspecified atom stereocenters. The predicted octanol–water partition coefficient (Wildman–Crippen LogP) is 3.75. The zero-order chi connectivity index (χ0) is 17.7.